The van der Waals surface area contributed by atoms with Crippen molar-refractivity contribution in [3.63, 3.8) is 0 Å². The molecule has 0 spiro atoms. The number of hydrogen-bond acceptors (Lipinski definition) is 7. The summed E-state index contributed by atoms with van der Waals surface area (Å²) in [5.74, 6) is 0.176. The molecule has 2 aromatic heterocycles. The topological polar surface area (TPSA) is 86.1 Å². The van der Waals surface area contributed by atoms with E-state index in [1.807, 2.05) is 36.6 Å². The van der Waals surface area contributed by atoms with Gasteiger partial charge in [-0.1, -0.05) is 41.6 Å². The first-order valence-electron chi connectivity index (χ1n) is 11.5. The number of benzene rings is 1. The van der Waals surface area contributed by atoms with Crippen LogP contribution in [0.1, 0.15) is 47.5 Å². The molecule has 1 aliphatic rings. The first-order chi connectivity index (χ1) is 16.9. The molecule has 4 rings (SSSR count). The number of ether oxygens (including phenoxy) is 1. The van der Waals surface area contributed by atoms with Crippen molar-refractivity contribution in [2.24, 2.45) is 0 Å². The number of aromatic nitrogens is 3. The molecule has 1 aliphatic carbocycles. The highest BCUT2D eigenvalue weighted by Crippen LogP contribution is 2.39. The number of fused-ring (bicyclic) bond motifs is 1. The summed E-state index contributed by atoms with van der Waals surface area (Å²) in [6.07, 6.45) is 5.39. The standard InChI is InChI=1S/C25H27ClN4O3S2/c1-4-12-30-22(16-8-7-9-17(26)13-16)28-29-25(30)34-14-20(31)27-23-21(24(32)33-15(2)3)18-10-5-6-11-19(18)35-23/h4,7-9,13,15H,1,5-6,10-12,14H2,2-3H3,(H,27,31). The van der Waals surface area contributed by atoms with Gasteiger partial charge in [0.2, 0.25) is 5.91 Å². The number of hydrogen-bond donors (Lipinski definition) is 1. The minimum atomic E-state index is -0.376. The van der Waals surface area contributed by atoms with E-state index in [0.29, 0.717) is 33.1 Å². The molecule has 0 atom stereocenters. The molecule has 35 heavy (non-hydrogen) atoms. The molecular formula is C25H27ClN4O3S2. The molecule has 184 valence electrons. The maximum atomic E-state index is 12.9. The second kappa shape index (κ2) is 11.4. The number of nitrogens with one attached hydrogen (secondary N) is 1. The molecule has 0 saturated heterocycles. The minimum Gasteiger partial charge on any atom is -0.459 e. The van der Waals surface area contributed by atoms with Gasteiger partial charge in [-0.2, -0.15) is 0 Å². The molecule has 0 fully saturated rings. The van der Waals surface area contributed by atoms with Crippen molar-refractivity contribution in [3.05, 3.63) is 57.9 Å². The number of carbonyl (C=O) groups is 2. The Kier molecular flexibility index (Phi) is 8.30. The summed E-state index contributed by atoms with van der Waals surface area (Å²) in [6, 6.07) is 7.38. The Bertz CT molecular complexity index is 1250. The number of aryl methyl sites for hydroxylation is 1. The fourth-order valence-electron chi connectivity index (χ4n) is 3.97. The summed E-state index contributed by atoms with van der Waals surface area (Å²) in [6.45, 7) is 7.96. The van der Waals surface area contributed by atoms with Crippen molar-refractivity contribution in [1.29, 1.82) is 0 Å². The first-order valence-corrected chi connectivity index (χ1v) is 13.6. The van der Waals surface area contributed by atoms with Crippen molar-refractivity contribution in [2.45, 2.75) is 57.3 Å². The Balaban J connectivity index is 1.51. The summed E-state index contributed by atoms with van der Waals surface area (Å²) >= 11 is 8.90. The van der Waals surface area contributed by atoms with Gasteiger partial charge in [0.15, 0.2) is 11.0 Å². The summed E-state index contributed by atoms with van der Waals surface area (Å²) < 4.78 is 7.37. The van der Waals surface area contributed by atoms with Crippen LogP contribution < -0.4 is 5.32 Å². The number of thiophene rings is 1. The van der Waals surface area contributed by atoms with Crippen molar-refractivity contribution in [3.8, 4) is 11.4 Å². The van der Waals surface area contributed by atoms with Crippen molar-refractivity contribution < 1.29 is 14.3 Å². The third kappa shape index (κ3) is 5.97. The molecule has 0 saturated carbocycles. The van der Waals surface area contributed by atoms with Gasteiger partial charge >= 0.3 is 5.97 Å². The maximum absolute atomic E-state index is 12.9. The van der Waals surface area contributed by atoms with Gasteiger partial charge in [0.25, 0.3) is 0 Å². The van der Waals surface area contributed by atoms with Gasteiger partial charge in [-0.05, 0) is 57.2 Å². The molecule has 1 N–H and O–H groups in total. The van der Waals surface area contributed by atoms with Crippen molar-refractivity contribution in [1.82, 2.24) is 14.8 Å². The van der Waals surface area contributed by atoms with Crippen LogP contribution in [0.5, 0.6) is 0 Å². The highest BCUT2D eigenvalue weighted by atomic mass is 35.5. The van der Waals surface area contributed by atoms with Crippen LogP contribution in [0.2, 0.25) is 5.02 Å². The molecule has 0 unspecified atom stereocenters. The summed E-state index contributed by atoms with van der Waals surface area (Å²) in [7, 11) is 0. The van der Waals surface area contributed by atoms with E-state index in [4.69, 9.17) is 16.3 Å². The minimum absolute atomic E-state index is 0.117. The van der Waals surface area contributed by atoms with E-state index < -0.39 is 0 Å². The van der Waals surface area contributed by atoms with E-state index in [0.717, 1.165) is 41.7 Å². The number of amides is 1. The van der Waals surface area contributed by atoms with Gasteiger partial charge in [-0.3, -0.25) is 9.36 Å². The van der Waals surface area contributed by atoms with Crippen LogP contribution in [0.15, 0.2) is 42.1 Å². The van der Waals surface area contributed by atoms with Crippen LogP contribution in [0.3, 0.4) is 0 Å². The smallest absolute Gasteiger partial charge is 0.341 e. The molecule has 0 aliphatic heterocycles. The van der Waals surface area contributed by atoms with Crippen molar-refractivity contribution in [2.75, 3.05) is 11.1 Å². The average Bonchev–Trinajstić information content (AvgIpc) is 3.38. The predicted octanol–water partition coefficient (Wildman–Crippen LogP) is 6.02. The highest BCUT2D eigenvalue weighted by molar-refractivity contribution is 7.99. The summed E-state index contributed by atoms with van der Waals surface area (Å²) in [5.41, 5.74) is 2.36. The van der Waals surface area contributed by atoms with Gasteiger partial charge in [-0.25, -0.2) is 4.79 Å². The lowest BCUT2D eigenvalue weighted by Gasteiger charge is -2.14. The van der Waals surface area contributed by atoms with Gasteiger partial charge in [0, 0.05) is 22.0 Å². The molecule has 0 bridgehead atoms. The van der Waals surface area contributed by atoms with Crippen LogP contribution in [-0.2, 0) is 28.9 Å². The van der Waals surface area contributed by atoms with E-state index in [9.17, 15) is 9.59 Å². The number of halogens is 1. The van der Waals surface area contributed by atoms with Crippen LogP contribution in [0, 0.1) is 0 Å². The van der Waals surface area contributed by atoms with E-state index in [1.54, 1.807) is 12.1 Å². The van der Waals surface area contributed by atoms with Gasteiger partial charge in [0.1, 0.15) is 5.00 Å². The Morgan fingerprint density at radius 2 is 2.11 bits per heavy atom. The second-order valence-corrected chi connectivity index (χ2v) is 10.9. The quantitative estimate of drug-likeness (QED) is 0.207. The lowest BCUT2D eigenvalue weighted by molar-refractivity contribution is -0.113. The Morgan fingerprint density at radius 3 is 2.86 bits per heavy atom. The van der Waals surface area contributed by atoms with Gasteiger partial charge < -0.3 is 10.1 Å². The van der Waals surface area contributed by atoms with E-state index in [1.165, 1.54) is 23.1 Å². The number of esters is 1. The molecule has 1 amide bonds. The number of allylic oxidation sites excluding steroid dienone is 1. The number of rotatable bonds is 9. The highest BCUT2D eigenvalue weighted by Gasteiger charge is 2.28. The Hall–Kier alpha value is -2.62. The fraction of sp³-hybridized carbons (Fsp3) is 0.360. The number of carbonyl (C=O) groups excluding carboxylic acids is 2. The fourth-order valence-corrected chi connectivity index (χ4v) is 6.20. The lowest BCUT2D eigenvalue weighted by Crippen LogP contribution is -2.19. The average molecular weight is 531 g/mol. The van der Waals surface area contributed by atoms with Crippen LogP contribution in [-0.4, -0.2) is 38.5 Å². The van der Waals surface area contributed by atoms with Crippen LogP contribution in [0.4, 0.5) is 5.00 Å². The van der Waals surface area contributed by atoms with E-state index >= 15 is 0 Å². The molecular weight excluding hydrogens is 504 g/mol. The lowest BCUT2D eigenvalue weighted by atomic mass is 9.95. The van der Waals surface area contributed by atoms with E-state index in [2.05, 4.69) is 22.1 Å². The molecule has 10 heteroatoms. The summed E-state index contributed by atoms with van der Waals surface area (Å²) in [4.78, 5) is 26.9. The maximum Gasteiger partial charge on any atom is 0.341 e. The largest absolute Gasteiger partial charge is 0.459 e. The van der Waals surface area contributed by atoms with E-state index in [-0.39, 0.29) is 23.7 Å². The Labute approximate surface area is 217 Å². The van der Waals surface area contributed by atoms with Gasteiger partial charge in [-0.15, -0.1) is 28.1 Å². The third-order valence-corrected chi connectivity index (χ3v) is 7.82. The Morgan fingerprint density at radius 1 is 1.31 bits per heavy atom. The number of nitrogens with zero attached hydrogens (tertiary/aromatic N) is 3. The zero-order valence-electron chi connectivity index (χ0n) is 19.7. The predicted molar refractivity (Wildman–Crippen MR) is 142 cm³/mol. The monoisotopic (exact) mass is 530 g/mol. The first kappa shape index (κ1) is 25.5. The normalized spacial score (nSPS) is 12.9. The molecule has 2 heterocycles. The SMILES string of the molecule is C=CCn1c(SCC(=O)Nc2sc3c(c2C(=O)OC(C)C)CCCC3)nnc1-c1cccc(Cl)c1. The molecule has 7 nitrogen and oxygen atoms in total. The number of thioether (sulfide) groups is 1. The van der Waals surface area contributed by atoms with Crippen LogP contribution >= 0.6 is 34.7 Å². The van der Waals surface area contributed by atoms with Crippen LogP contribution in [0.25, 0.3) is 11.4 Å². The van der Waals surface area contributed by atoms with Gasteiger partial charge in [0.05, 0.1) is 17.4 Å². The molecule has 0 radical (unpaired) electrons. The van der Waals surface area contributed by atoms with Crippen molar-refractivity contribution >= 4 is 51.6 Å². The third-order valence-electron chi connectivity index (χ3n) is 5.41. The zero-order valence-corrected chi connectivity index (χ0v) is 22.1. The summed E-state index contributed by atoms with van der Waals surface area (Å²) in [5, 5.41) is 13.3. The molecule has 3 aromatic rings. The number of anilines is 1. The zero-order chi connectivity index (χ0) is 24.9. The molecule has 1 aromatic carbocycles. The second-order valence-electron chi connectivity index (χ2n) is 8.42.